The normalized spacial score (nSPS) is 26.9. The average molecular weight is 397 g/mol. The van der Waals surface area contributed by atoms with E-state index < -0.39 is 0 Å². The Kier molecular flexibility index (Phi) is 7.99. The minimum Gasteiger partial charge on any atom is -0.371 e. The molecule has 0 unspecified atom stereocenters. The second kappa shape index (κ2) is 10.7. The van der Waals surface area contributed by atoms with E-state index in [1.807, 2.05) is 48.5 Å². The highest BCUT2D eigenvalue weighted by atomic mass is 16.6. The van der Waals surface area contributed by atoms with Crippen LogP contribution in [0.1, 0.15) is 44.7 Å². The van der Waals surface area contributed by atoms with Crippen LogP contribution in [0.2, 0.25) is 0 Å². The van der Waals surface area contributed by atoms with Gasteiger partial charge in [0.2, 0.25) is 0 Å². The number of hydrogen-bond donors (Lipinski definition) is 0. The Labute approximate surface area is 174 Å². The third-order valence-corrected chi connectivity index (χ3v) is 5.61. The third kappa shape index (κ3) is 5.99. The number of hydrogen-bond acceptors (Lipinski definition) is 4. The fourth-order valence-corrected chi connectivity index (χ4v) is 4.05. The van der Waals surface area contributed by atoms with Gasteiger partial charge in [0.1, 0.15) is 11.9 Å². The Bertz CT molecular complexity index is 746. The molecule has 0 radical (unpaired) electrons. The molecule has 5 atom stereocenters. The summed E-state index contributed by atoms with van der Waals surface area (Å²) in [6.45, 7) is 6.87. The molecule has 1 aliphatic heterocycles. The minimum absolute atomic E-state index is 0.0525. The molecule has 0 spiro atoms. The number of Topliss-reactive ketones (excluding diaryl/α,β-unsaturated/α-hetero) is 1. The van der Waals surface area contributed by atoms with Crippen molar-refractivity contribution in [3.05, 3.63) is 71.8 Å². The van der Waals surface area contributed by atoms with Crippen LogP contribution in [0.5, 0.6) is 0 Å². The molecule has 1 saturated heterocycles. The molecule has 2 aromatic carbocycles. The lowest BCUT2D eigenvalue weighted by molar-refractivity contribution is -0.232. The molecule has 0 bridgehead atoms. The van der Waals surface area contributed by atoms with E-state index in [9.17, 15) is 4.79 Å². The van der Waals surface area contributed by atoms with Crippen LogP contribution < -0.4 is 0 Å². The summed E-state index contributed by atoms with van der Waals surface area (Å²) in [5.74, 6) is 0.280. The largest absolute Gasteiger partial charge is 0.371 e. The number of carbonyl (C=O) groups excluding carboxylic acids is 1. The van der Waals surface area contributed by atoms with Gasteiger partial charge in [0.05, 0.1) is 31.5 Å². The van der Waals surface area contributed by atoms with Gasteiger partial charge in [0, 0.05) is 12.3 Å². The van der Waals surface area contributed by atoms with Crippen molar-refractivity contribution in [1.82, 2.24) is 0 Å². The monoisotopic (exact) mass is 396 g/mol. The van der Waals surface area contributed by atoms with E-state index in [-0.39, 0.29) is 36.1 Å². The molecule has 0 aromatic heterocycles. The van der Waals surface area contributed by atoms with E-state index in [0.29, 0.717) is 19.6 Å². The molecule has 0 saturated carbocycles. The minimum atomic E-state index is -0.293. The maximum atomic E-state index is 11.9. The van der Waals surface area contributed by atoms with Gasteiger partial charge in [-0.3, -0.25) is 4.79 Å². The fraction of sp³-hybridized carbons (Fsp3) is 0.480. The highest BCUT2D eigenvalue weighted by Crippen LogP contribution is 2.34. The van der Waals surface area contributed by atoms with Gasteiger partial charge in [0.25, 0.3) is 0 Å². The smallest absolute Gasteiger partial charge is 0.132 e. The van der Waals surface area contributed by atoms with Crippen LogP contribution in [-0.4, -0.2) is 30.2 Å². The second-order valence-electron chi connectivity index (χ2n) is 7.91. The Morgan fingerprint density at radius 1 is 0.862 bits per heavy atom. The SMILES string of the molecule is CC[C@H]1O[C@@H](CC(C)=O)[C@H](OCc2ccccc2)[C@@H](OCc2ccccc2)[C@H]1C. The van der Waals surface area contributed by atoms with Crippen molar-refractivity contribution in [1.29, 1.82) is 0 Å². The zero-order valence-corrected chi connectivity index (χ0v) is 17.6. The van der Waals surface area contributed by atoms with Crippen LogP contribution >= 0.6 is 0 Å². The Hall–Kier alpha value is -2.01. The fourth-order valence-electron chi connectivity index (χ4n) is 4.05. The molecule has 1 fully saturated rings. The quantitative estimate of drug-likeness (QED) is 0.602. The molecular formula is C25H32O4. The number of carbonyl (C=O) groups is 1. The van der Waals surface area contributed by atoms with Crippen molar-refractivity contribution < 1.29 is 19.0 Å². The lowest BCUT2D eigenvalue weighted by Gasteiger charge is -2.45. The summed E-state index contributed by atoms with van der Waals surface area (Å²) in [5, 5.41) is 0. The van der Waals surface area contributed by atoms with E-state index in [0.717, 1.165) is 17.5 Å². The lowest BCUT2D eigenvalue weighted by Crippen LogP contribution is -2.55. The summed E-state index contributed by atoms with van der Waals surface area (Å²) in [6, 6.07) is 20.2. The van der Waals surface area contributed by atoms with Gasteiger partial charge >= 0.3 is 0 Å². The van der Waals surface area contributed by atoms with Crippen molar-refractivity contribution in [3.63, 3.8) is 0 Å². The highest BCUT2D eigenvalue weighted by molar-refractivity contribution is 5.76. The summed E-state index contributed by atoms with van der Waals surface area (Å²) in [6.07, 6.45) is 0.553. The Balaban J connectivity index is 1.79. The summed E-state index contributed by atoms with van der Waals surface area (Å²) in [7, 11) is 0. The first-order chi connectivity index (χ1) is 14.1. The molecule has 29 heavy (non-hydrogen) atoms. The first-order valence-corrected chi connectivity index (χ1v) is 10.5. The second-order valence-corrected chi connectivity index (χ2v) is 7.91. The standard InChI is InChI=1S/C25H32O4/c1-4-22-19(3)24(27-16-20-11-7-5-8-12-20)25(23(29-22)15-18(2)26)28-17-21-13-9-6-10-14-21/h5-14,19,22-25H,4,15-17H2,1-3H3/t19-,22+,23-,24-,25-/m0/s1. The van der Waals surface area contributed by atoms with Crippen molar-refractivity contribution >= 4 is 5.78 Å². The molecule has 0 N–H and O–H groups in total. The first-order valence-electron chi connectivity index (χ1n) is 10.5. The van der Waals surface area contributed by atoms with Gasteiger partial charge < -0.3 is 14.2 Å². The molecule has 4 heteroatoms. The van der Waals surface area contributed by atoms with Gasteiger partial charge in [-0.2, -0.15) is 0 Å². The first kappa shape index (κ1) is 21.7. The molecule has 1 aliphatic rings. The molecule has 0 amide bonds. The highest BCUT2D eigenvalue weighted by Gasteiger charge is 2.44. The zero-order chi connectivity index (χ0) is 20.6. The Morgan fingerprint density at radius 2 is 1.38 bits per heavy atom. The predicted molar refractivity (Wildman–Crippen MR) is 113 cm³/mol. The molecule has 156 valence electrons. The van der Waals surface area contributed by atoms with Crippen LogP contribution in [0.4, 0.5) is 0 Å². The van der Waals surface area contributed by atoms with Gasteiger partial charge in [-0.1, -0.05) is 74.5 Å². The van der Waals surface area contributed by atoms with Crippen LogP contribution in [0, 0.1) is 5.92 Å². The van der Waals surface area contributed by atoms with Crippen molar-refractivity contribution in [2.45, 2.75) is 71.2 Å². The molecule has 2 aromatic rings. The van der Waals surface area contributed by atoms with E-state index in [2.05, 4.69) is 26.0 Å². The van der Waals surface area contributed by atoms with Crippen molar-refractivity contribution in [2.24, 2.45) is 5.92 Å². The predicted octanol–water partition coefficient (Wildman–Crippen LogP) is 4.95. The molecule has 0 aliphatic carbocycles. The summed E-state index contributed by atoms with van der Waals surface area (Å²) in [5.41, 5.74) is 2.23. The van der Waals surface area contributed by atoms with Gasteiger partial charge in [-0.05, 0) is 24.5 Å². The summed E-state index contributed by atoms with van der Waals surface area (Å²) >= 11 is 0. The van der Waals surface area contributed by atoms with Gasteiger partial charge in [-0.15, -0.1) is 0 Å². The average Bonchev–Trinajstić information content (AvgIpc) is 2.74. The summed E-state index contributed by atoms with van der Waals surface area (Å²) < 4.78 is 19.1. The van der Waals surface area contributed by atoms with E-state index in [4.69, 9.17) is 14.2 Å². The maximum absolute atomic E-state index is 11.9. The van der Waals surface area contributed by atoms with E-state index in [1.54, 1.807) is 6.92 Å². The van der Waals surface area contributed by atoms with Crippen LogP contribution in [0.15, 0.2) is 60.7 Å². The maximum Gasteiger partial charge on any atom is 0.132 e. The van der Waals surface area contributed by atoms with Crippen LogP contribution in [-0.2, 0) is 32.2 Å². The number of benzene rings is 2. The van der Waals surface area contributed by atoms with Crippen molar-refractivity contribution in [2.75, 3.05) is 0 Å². The Morgan fingerprint density at radius 3 is 1.86 bits per heavy atom. The van der Waals surface area contributed by atoms with Crippen molar-refractivity contribution in [3.8, 4) is 0 Å². The summed E-state index contributed by atoms with van der Waals surface area (Å²) in [4.78, 5) is 11.9. The van der Waals surface area contributed by atoms with E-state index >= 15 is 0 Å². The van der Waals surface area contributed by atoms with Gasteiger partial charge in [-0.25, -0.2) is 0 Å². The number of rotatable bonds is 9. The van der Waals surface area contributed by atoms with Crippen LogP contribution in [0.3, 0.4) is 0 Å². The molecule has 1 heterocycles. The molecular weight excluding hydrogens is 364 g/mol. The number of ether oxygens (including phenoxy) is 3. The lowest BCUT2D eigenvalue weighted by atomic mass is 9.85. The zero-order valence-electron chi connectivity index (χ0n) is 17.6. The topological polar surface area (TPSA) is 44.8 Å². The van der Waals surface area contributed by atoms with Crippen LogP contribution in [0.25, 0.3) is 0 Å². The third-order valence-electron chi connectivity index (χ3n) is 5.61. The van der Waals surface area contributed by atoms with E-state index in [1.165, 1.54) is 0 Å². The number of ketones is 1. The molecule has 4 nitrogen and oxygen atoms in total. The molecule has 3 rings (SSSR count). The van der Waals surface area contributed by atoms with Gasteiger partial charge in [0.15, 0.2) is 0 Å².